The fourth-order valence-electron chi connectivity index (χ4n) is 3.81. The van der Waals surface area contributed by atoms with Crippen LogP contribution in [0.5, 0.6) is 0 Å². The van der Waals surface area contributed by atoms with Crippen LogP contribution in [0.15, 0.2) is 48.5 Å². The number of aromatic nitrogens is 1. The molecule has 1 nitrogen and oxygen atoms in total. The quantitative estimate of drug-likeness (QED) is 0.301. The molecule has 3 aromatic carbocycles. The first-order chi connectivity index (χ1) is 12.8. The minimum Gasteiger partial charge on any atom is -0.207 e. The summed E-state index contributed by atoms with van der Waals surface area (Å²) in [4.78, 5) is 0. The van der Waals surface area contributed by atoms with Crippen molar-refractivity contribution in [1.29, 1.82) is 0 Å². The summed E-state index contributed by atoms with van der Waals surface area (Å²) >= 11 is 0. The molecule has 0 atom stereocenters. The number of halogens is 1. The lowest BCUT2D eigenvalue weighted by Crippen LogP contribution is -2.35. The molecule has 1 aromatic heterocycles. The van der Waals surface area contributed by atoms with Crippen molar-refractivity contribution < 1.29 is 10.3 Å². The summed E-state index contributed by atoms with van der Waals surface area (Å²) in [6.45, 7) is 8.36. The summed E-state index contributed by atoms with van der Waals surface area (Å²) in [6, 6.07) is 13.8. The molecule has 0 spiro atoms. The van der Waals surface area contributed by atoms with E-state index in [1.165, 1.54) is 28.3 Å². The summed E-state index contributed by atoms with van der Waals surface area (Å²) in [7, 11) is 2.01. The van der Waals surface area contributed by atoms with Crippen LogP contribution in [-0.2, 0) is 7.05 Å². The molecular formula is C24H23FN+. The molecule has 0 radical (unpaired) electrons. The zero-order chi connectivity index (χ0) is 19.5. The molecule has 2 heteroatoms. The number of fused-ring (bicyclic) bond motifs is 2. The Hall–Kier alpha value is -2.74. The molecule has 0 aliphatic carbocycles. The standard InChI is InChI=1S/C24H23FN/c1-14-8-15(2)17(4)22(9-14)24-23-13-19-12-21(25)7-6-18(19)11-20(23)10-16(3)26(24)5/h6-13H,1-5H3/q+1/i10D. The molecule has 0 saturated heterocycles. The van der Waals surface area contributed by atoms with Crippen LogP contribution in [0.25, 0.3) is 32.8 Å². The largest absolute Gasteiger partial charge is 0.220 e. The predicted molar refractivity (Wildman–Crippen MR) is 107 cm³/mol. The van der Waals surface area contributed by atoms with E-state index in [4.69, 9.17) is 1.37 Å². The van der Waals surface area contributed by atoms with Gasteiger partial charge in [-0.1, -0.05) is 17.7 Å². The lowest BCUT2D eigenvalue weighted by Gasteiger charge is -2.13. The normalized spacial score (nSPS) is 12.0. The topological polar surface area (TPSA) is 3.88 Å². The Kier molecular flexibility index (Phi) is 3.53. The molecule has 0 unspecified atom stereocenters. The van der Waals surface area contributed by atoms with E-state index in [2.05, 4.69) is 37.5 Å². The smallest absolute Gasteiger partial charge is 0.207 e. The highest BCUT2D eigenvalue weighted by Gasteiger charge is 2.21. The van der Waals surface area contributed by atoms with E-state index >= 15 is 0 Å². The number of rotatable bonds is 1. The van der Waals surface area contributed by atoms with Gasteiger partial charge in [-0.2, -0.15) is 4.57 Å². The Morgan fingerprint density at radius 1 is 0.885 bits per heavy atom. The lowest BCUT2D eigenvalue weighted by atomic mass is 9.93. The number of nitrogens with zero attached hydrogens (tertiary/aromatic N) is 1. The molecular weight excluding hydrogens is 321 g/mol. The van der Waals surface area contributed by atoms with E-state index in [1.54, 1.807) is 12.1 Å². The number of aryl methyl sites for hydroxylation is 2. The Bertz CT molecular complexity index is 1240. The average molecular weight is 345 g/mol. The lowest BCUT2D eigenvalue weighted by molar-refractivity contribution is -0.665. The third-order valence-corrected chi connectivity index (χ3v) is 5.41. The fraction of sp³-hybridized carbons (Fsp3) is 0.208. The number of pyridine rings is 1. The monoisotopic (exact) mass is 345 g/mol. The Balaban J connectivity index is 2.23. The van der Waals surface area contributed by atoms with Gasteiger partial charge in [-0.15, -0.1) is 0 Å². The van der Waals surface area contributed by atoms with Gasteiger partial charge in [0, 0.05) is 13.0 Å². The van der Waals surface area contributed by atoms with Crippen molar-refractivity contribution in [3.05, 3.63) is 76.7 Å². The highest BCUT2D eigenvalue weighted by atomic mass is 19.1. The maximum absolute atomic E-state index is 13.8. The highest BCUT2D eigenvalue weighted by Crippen LogP contribution is 2.33. The van der Waals surface area contributed by atoms with Gasteiger partial charge in [0.25, 0.3) is 0 Å². The van der Waals surface area contributed by atoms with Crippen molar-refractivity contribution in [1.82, 2.24) is 0 Å². The second-order valence-corrected chi connectivity index (χ2v) is 7.26. The molecule has 130 valence electrons. The Morgan fingerprint density at radius 2 is 1.65 bits per heavy atom. The molecule has 0 N–H and O–H groups in total. The van der Waals surface area contributed by atoms with Gasteiger partial charge in [0.1, 0.15) is 12.9 Å². The maximum atomic E-state index is 13.8. The Morgan fingerprint density at radius 3 is 2.42 bits per heavy atom. The van der Waals surface area contributed by atoms with Gasteiger partial charge in [-0.3, -0.25) is 0 Å². The summed E-state index contributed by atoms with van der Waals surface area (Å²) in [6.07, 6.45) is 0. The molecule has 0 aliphatic rings. The number of benzene rings is 3. The molecule has 4 aromatic rings. The minimum atomic E-state index is -0.242. The van der Waals surface area contributed by atoms with Gasteiger partial charge in [0.15, 0.2) is 5.69 Å². The molecule has 1 heterocycles. The minimum absolute atomic E-state index is 0.242. The van der Waals surface area contributed by atoms with E-state index < -0.39 is 0 Å². The van der Waals surface area contributed by atoms with Crippen molar-refractivity contribution in [2.75, 3.05) is 0 Å². The van der Waals surface area contributed by atoms with Crippen LogP contribution < -0.4 is 4.57 Å². The van der Waals surface area contributed by atoms with Gasteiger partial charge in [0.2, 0.25) is 5.69 Å². The molecule has 26 heavy (non-hydrogen) atoms. The van der Waals surface area contributed by atoms with E-state index in [1.807, 2.05) is 26.1 Å². The van der Waals surface area contributed by atoms with Crippen LogP contribution in [0.2, 0.25) is 0 Å². The van der Waals surface area contributed by atoms with Crippen LogP contribution >= 0.6 is 0 Å². The van der Waals surface area contributed by atoms with Crippen molar-refractivity contribution in [2.24, 2.45) is 7.05 Å². The first-order valence-electron chi connectivity index (χ1n) is 9.38. The summed E-state index contributed by atoms with van der Waals surface area (Å²) < 4.78 is 24.6. The van der Waals surface area contributed by atoms with E-state index in [-0.39, 0.29) is 5.82 Å². The third kappa shape index (κ3) is 2.57. The van der Waals surface area contributed by atoms with Gasteiger partial charge in [-0.25, -0.2) is 4.39 Å². The van der Waals surface area contributed by atoms with Gasteiger partial charge in [-0.05, 0) is 78.4 Å². The van der Waals surface area contributed by atoms with E-state index in [0.29, 0.717) is 6.04 Å². The number of hydrogen-bond donors (Lipinski definition) is 0. The van der Waals surface area contributed by atoms with Crippen LogP contribution in [0.3, 0.4) is 0 Å². The van der Waals surface area contributed by atoms with Crippen LogP contribution in [0.4, 0.5) is 4.39 Å². The zero-order valence-electron chi connectivity index (χ0n) is 16.9. The molecule has 4 rings (SSSR count). The van der Waals surface area contributed by atoms with Gasteiger partial charge < -0.3 is 0 Å². The SMILES string of the molecule is [2H]c1c(C)[n+](C)c(-c2cc(C)cc(C)c2C)c2cc3cc(F)ccc3cc12. The van der Waals surface area contributed by atoms with Gasteiger partial charge in [0.05, 0.1) is 12.3 Å². The van der Waals surface area contributed by atoms with Crippen molar-refractivity contribution in [3.63, 3.8) is 0 Å². The average Bonchev–Trinajstić information content (AvgIpc) is 2.62. The highest BCUT2D eigenvalue weighted by molar-refractivity contribution is 6.03. The first kappa shape index (κ1) is 15.5. The third-order valence-electron chi connectivity index (χ3n) is 5.41. The predicted octanol–water partition coefficient (Wildman–Crippen LogP) is 5.86. The fourth-order valence-corrected chi connectivity index (χ4v) is 3.81. The first-order valence-corrected chi connectivity index (χ1v) is 8.88. The molecule has 0 amide bonds. The maximum Gasteiger partial charge on any atom is 0.220 e. The van der Waals surface area contributed by atoms with Crippen molar-refractivity contribution >= 4 is 21.5 Å². The van der Waals surface area contributed by atoms with E-state index in [9.17, 15) is 4.39 Å². The summed E-state index contributed by atoms with van der Waals surface area (Å²) in [5.41, 5.74) is 6.84. The second-order valence-electron chi connectivity index (χ2n) is 7.26. The second kappa shape index (κ2) is 5.91. The van der Waals surface area contributed by atoms with Crippen LogP contribution in [0, 0.1) is 33.5 Å². The molecule has 0 saturated carbocycles. The van der Waals surface area contributed by atoms with Crippen molar-refractivity contribution in [2.45, 2.75) is 27.7 Å². The molecule has 0 fully saturated rings. The summed E-state index contributed by atoms with van der Waals surface area (Å²) in [5, 5.41) is 3.69. The Labute approximate surface area is 155 Å². The summed E-state index contributed by atoms with van der Waals surface area (Å²) in [5.74, 6) is -0.242. The van der Waals surface area contributed by atoms with Gasteiger partial charge >= 0.3 is 0 Å². The number of hydrogen-bond acceptors (Lipinski definition) is 0. The molecule has 0 bridgehead atoms. The molecule has 0 aliphatic heterocycles. The van der Waals surface area contributed by atoms with Crippen molar-refractivity contribution in [3.8, 4) is 11.3 Å². The van der Waals surface area contributed by atoms with Crippen LogP contribution in [0.1, 0.15) is 23.8 Å². The van der Waals surface area contributed by atoms with E-state index in [0.717, 1.165) is 32.9 Å². The van der Waals surface area contributed by atoms with Crippen LogP contribution in [-0.4, -0.2) is 0 Å². The zero-order valence-corrected chi connectivity index (χ0v) is 15.9.